The van der Waals surface area contributed by atoms with Crippen molar-refractivity contribution in [3.63, 3.8) is 0 Å². The minimum absolute atomic E-state index is 0.401. The van der Waals surface area contributed by atoms with E-state index in [2.05, 4.69) is 0 Å². The number of hydrogen-bond donors (Lipinski definition) is 0. The van der Waals surface area contributed by atoms with E-state index in [1.54, 1.807) is 0 Å². The fourth-order valence-corrected chi connectivity index (χ4v) is 4.46. The van der Waals surface area contributed by atoms with Gasteiger partial charge in [-0.25, -0.2) is 0 Å². The fraction of sp³-hybridized carbons (Fsp3) is 1.00. The van der Waals surface area contributed by atoms with E-state index < -0.39 is 0 Å². The largest absolute Gasteiger partial charge is 0.785 e. The number of hydrogen-bond acceptors (Lipinski definition) is 2. The Labute approximate surface area is 92.6 Å². The summed E-state index contributed by atoms with van der Waals surface area (Å²) in [6.07, 6.45) is 10.7. The van der Waals surface area contributed by atoms with Crippen LogP contribution in [-0.2, 0) is 0 Å². The predicted octanol–water partition coefficient (Wildman–Crippen LogP) is 3.17. The second kappa shape index (κ2) is 4.06. The maximum atomic E-state index is 11.8. The Bertz CT molecular complexity index is 231. The Morgan fingerprint density at radius 3 is 2.53 bits per heavy atom. The average molecular weight is 208 g/mol. The van der Waals surface area contributed by atoms with Crippen LogP contribution >= 0.6 is 0 Å². The van der Waals surface area contributed by atoms with Crippen molar-refractivity contribution in [3.05, 3.63) is 5.21 Å². The molecular formula is C13H22NO-. The number of piperidine rings is 1. The zero-order chi connectivity index (χ0) is 10.3. The quantitative estimate of drug-likeness (QED) is 0.611. The highest BCUT2D eigenvalue weighted by Gasteiger charge is 2.41. The Hall–Kier alpha value is -0.0800. The SMILES string of the molecule is [O-]N1CCCC2C3CCCCC3CCC21. The van der Waals surface area contributed by atoms with Gasteiger partial charge >= 0.3 is 0 Å². The van der Waals surface area contributed by atoms with E-state index in [1.165, 1.54) is 50.0 Å². The van der Waals surface area contributed by atoms with Crippen molar-refractivity contribution in [3.8, 4) is 0 Å². The zero-order valence-corrected chi connectivity index (χ0v) is 9.53. The standard InChI is InChI=1S/C13H22NO/c15-14-9-3-6-12-11-5-2-1-4-10(11)7-8-13(12)14/h10-13H,1-9H2/q-1. The van der Waals surface area contributed by atoms with Gasteiger partial charge in [-0.3, -0.25) is 0 Å². The van der Waals surface area contributed by atoms with Crippen LogP contribution < -0.4 is 0 Å². The Balaban J connectivity index is 1.76. The molecule has 1 aliphatic heterocycles. The molecule has 86 valence electrons. The van der Waals surface area contributed by atoms with Gasteiger partial charge in [0.05, 0.1) is 0 Å². The van der Waals surface area contributed by atoms with Crippen LogP contribution in [-0.4, -0.2) is 17.6 Å². The molecule has 4 unspecified atom stereocenters. The summed E-state index contributed by atoms with van der Waals surface area (Å²) in [5.74, 6) is 2.65. The van der Waals surface area contributed by atoms with E-state index >= 15 is 0 Å². The van der Waals surface area contributed by atoms with Gasteiger partial charge in [0.25, 0.3) is 0 Å². The predicted molar refractivity (Wildman–Crippen MR) is 61.3 cm³/mol. The molecule has 1 heterocycles. The van der Waals surface area contributed by atoms with Gasteiger partial charge in [0.1, 0.15) is 0 Å². The summed E-state index contributed by atoms with van der Waals surface area (Å²) < 4.78 is 0. The molecule has 2 aliphatic carbocycles. The third kappa shape index (κ3) is 1.72. The molecule has 4 atom stereocenters. The molecule has 3 fully saturated rings. The summed E-state index contributed by atoms with van der Waals surface area (Å²) in [5.41, 5.74) is 0. The van der Waals surface area contributed by atoms with Crippen LogP contribution in [0.5, 0.6) is 0 Å². The van der Waals surface area contributed by atoms with Crippen LogP contribution in [0, 0.1) is 23.0 Å². The molecule has 0 aromatic carbocycles. The van der Waals surface area contributed by atoms with E-state index in [4.69, 9.17) is 0 Å². The van der Waals surface area contributed by atoms with E-state index in [-0.39, 0.29) is 0 Å². The van der Waals surface area contributed by atoms with E-state index in [0.29, 0.717) is 6.04 Å². The maximum absolute atomic E-state index is 11.8. The molecule has 0 aromatic rings. The first-order chi connectivity index (χ1) is 7.36. The van der Waals surface area contributed by atoms with Gasteiger partial charge in [0.15, 0.2) is 0 Å². The summed E-state index contributed by atoms with van der Waals surface area (Å²) in [5, 5.41) is 13.2. The molecule has 15 heavy (non-hydrogen) atoms. The van der Waals surface area contributed by atoms with Gasteiger partial charge < -0.3 is 10.3 Å². The molecule has 0 N–H and O–H groups in total. The normalized spacial score (nSPS) is 47.0. The first-order valence-corrected chi connectivity index (χ1v) is 6.80. The molecule has 0 spiro atoms. The highest BCUT2D eigenvalue weighted by molar-refractivity contribution is 4.96. The molecule has 0 amide bonds. The maximum Gasteiger partial charge on any atom is 0.000549 e. The molecule has 2 saturated carbocycles. The summed E-state index contributed by atoms with van der Waals surface area (Å²) in [6.45, 7) is 0.804. The number of rotatable bonds is 0. The zero-order valence-electron chi connectivity index (χ0n) is 9.53. The van der Waals surface area contributed by atoms with E-state index in [1.807, 2.05) is 0 Å². The summed E-state index contributed by atoms with van der Waals surface area (Å²) in [4.78, 5) is 0. The molecule has 0 aromatic heterocycles. The Kier molecular flexibility index (Phi) is 2.73. The minimum Gasteiger partial charge on any atom is -0.785 e. The molecular weight excluding hydrogens is 186 g/mol. The minimum atomic E-state index is 0.401. The van der Waals surface area contributed by atoms with Gasteiger partial charge in [-0.05, 0) is 56.4 Å². The smallest absolute Gasteiger partial charge is 0.000549 e. The molecule has 3 rings (SSSR count). The van der Waals surface area contributed by atoms with Crippen molar-refractivity contribution in [1.82, 2.24) is 5.06 Å². The first-order valence-electron chi connectivity index (χ1n) is 6.80. The number of nitrogens with zero attached hydrogens (tertiary/aromatic N) is 1. The van der Waals surface area contributed by atoms with E-state index in [9.17, 15) is 5.21 Å². The summed E-state index contributed by atoms with van der Waals surface area (Å²) in [7, 11) is 0. The molecule has 0 bridgehead atoms. The Morgan fingerprint density at radius 2 is 1.60 bits per heavy atom. The van der Waals surface area contributed by atoms with Crippen LogP contribution in [0.2, 0.25) is 0 Å². The second-order valence-corrected chi connectivity index (χ2v) is 5.80. The first kappa shape index (κ1) is 10.1. The summed E-state index contributed by atoms with van der Waals surface area (Å²) >= 11 is 0. The number of fused-ring (bicyclic) bond motifs is 3. The molecule has 0 radical (unpaired) electrons. The second-order valence-electron chi connectivity index (χ2n) is 5.80. The van der Waals surface area contributed by atoms with Crippen molar-refractivity contribution >= 4 is 0 Å². The van der Waals surface area contributed by atoms with Crippen LogP contribution in [0.25, 0.3) is 0 Å². The summed E-state index contributed by atoms with van der Waals surface area (Å²) in [6, 6.07) is 0.401. The average Bonchev–Trinajstić information content (AvgIpc) is 2.29. The Morgan fingerprint density at radius 1 is 0.800 bits per heavy atom. The van der Waals surface area contributed by atoms with Gasteiger partial charge in [-0.1, -0.05) is 19.3 Å². The van der Waals surface area contributed by atoms with Crippen molar-refractivity contribution in [2.45, 2.75) is 57.4 Å². The third-order valence-corrected chi connectivity index (χ3v) is 5.13. The van der Waals surface area contributed by atoms with Gasteiger partial charge in [-0.15, -0.1) is 0 Å². The molecule has 2 nitrogen and oxygen atoms in total. The van der Waals surface area contributed by atoms with Gasteiger partial charge in [0.2, 0.25) is 0 Å². The van der Waals surface area contributed by atoms with Crippen LogP contribution in [0.3, 0.4) is 0 Å². The highest BCUT2D eigenvalue weighted by Crippen LogP contribution is 2.48. The van der Waals surface area contributed by atoms with Crippen molar-refractivity contribution in [2.75, 3.05) is 6.54 Å². The molecule has 2 heteroatoms. The fourth-order valence-electron chi connectivity index (χ4n) is 4.46. The van der Waals surface area contributed by atoms with Crippen molar-refractivity contribution in [2.24, 2.45) is 17.8 Å². The third-order valence-electron chi connectivity index (χ3n) is 5.13. The lowest BCUT2D eigenvalue weighted by Crippen LogP contribution is -2.50. The monoisotopic (exact) mass is 208 g/mol. The van der Waals surface area contributed by atoms with Gasteiger partial charge in [-0.2, -0.15) is 0 Å². The van der Waals surface area contributed by atoms with Gasteiger partial charge in [0, 0.05) is 6.04 Å². The van der Waals surface area contributed by atoms with Crippen LogP contribution in [0.15, 0.2) is 0 Å². The van der Waals surface area contributed by atoms with Crippen molar-refractivity contribution < 1.29 is 0 Å². The lowest BCUT2D eigenvalue weighted by Gasteiger charge is -2.54. The molecule has 3 aliphatic rings. The topological polar surface area (TPSA) is 26.3 Å². The van der Waals surface area contributed by atoms with E-state index in [0.717, 1.165) is 30.7 Å². The molecule has 1 saturated heterocycles. The lowest BCUT2D eigenvalue weighted by atomic mass is 9.61. The van der Waals surface area contributed by atoms with Crippen molar-refractivity contribution in [1.29, 1.82) is 0 Å². The van der Waals surface area contributed by atoms with Crippen LogP contribution in [0.1, 0.15) is 51.4 Å². The lowest BCUT2D eigenvalue weighted by molar-refractivity contribution is 0.00281. The number of hydroxylamine groups is 2. The highest BCUT2D eigenvalue weighted by atomic mass is 16.5. The van der Waals surface area contributed by atoms with Crippen LogP contribution in [0.4, 0.5) is 0 Å².